The summed E-state index contributed by atoms with van der Waals surface area (Å²) < 4.78 is 5.49. The highest BCUT2D eigenvalue weighted by Crippen LogP contribution is 2.25. The fourth-order valence-electron chi connectivity index (χ4n) is 4.29. The molecule has 2 aliphatic rings. The average Bonchev–Trinajstić information content (AvgIpc) is 2.72. The van der Waals surface area contributed by atoms with Crippen molar-refractivity contribution in [2.24, 2.45) is 16.8 Å². The predicted octanol–water partition coefficient (Wildman–Crippen LogP) is 1.98. The number of nitrogens with one attached hydrogen (secondary N) is 3. The Labute approximate surface area is 177 Å². The zero-order valence-electron chi connectivity index (χ0n) is 18.8. The van der Waals surface area contributed by atoms with Crippen LogP contribution in [0.25, 0.3) is 0 Å². The predicted molar refractivity (Wildman–Crippen MR) is 119 cm³/mol. The minimum Gasteiger partial charge on any atom is -0.379 e. The molecule has 1 aliphatic carbocycles. The van der Waals surface area contributed by atoms with Gasteiger partial charge in [0, 0.05) is 45.2 Å². The van der Waals surface area contributed by atoms with E-state index in [2.05, 4.69) is 41.6 Å². The number of guanidine groups is 1. The topological polar surface area (TPSA) is 78.0 Å². The zero-order chi connectivity index (χ0) is 20.9. The van der Waals surface area contributed by atoms with E-state index in [9.17, 15) is 4.79 Å². The van der Waals surface area contributed by atoms with Crippen molar-refractivity contribution in [3.05, 3.63) is 0 Å². The van der Waals surface area contributed by atoms with Crippen molar-refractivity contribution < 1.29 is 9.53 Å². The van der Waals surface area contributed by atoms with E-state index in [1.54, 1.807) is 0 Å². The Balaban J connectivity index is 1.72. The lowest BCUT2D eigenvalue weighted by Gasteiger charge is -2.36. The maximum absolute atomic E-state index is 12.1. The molecule has 168 valence electrons. The normalized spacial score (nSPS) is 20.5. The number of rotatable bonds is 10. The van der Waals surface area contributed by atoms with Crippen LogP contribution in [0.15, 0.2) is 4.99 Å². The van der Waals surface area contributed by atoms with Crippen LogP contribution in [0, 0.1) is 11.8 Å². The molecule has 1 unspecified atom stereocenters. The molecule has 1 saturated carbocycles. The van der Waals surface area contributed by atoms with Gasteiger partial charge in [-0.05, 0) is 31.6 Å². The monoisotopic (exact) mass is 409 g/mol. The molecule has 1 heterocycles. The van der Waals surface area contributed by atoms with Crippen LogP contribution >= 0.6 is 0 Å². The number of aliphatic imine (C=N–C) groups is 1. The number of amides is 1. The number of carbonyl (C=O) groups excluding carboxylic acids is 1. The van der Waals surface area contributed by atoms with Crippen molar-refractivity contribution >= 4 is 11.9 Å². The summed E-state index contributed by atoms with van der Waals surface area (Å²) in [7, 11) is 0. The molecule has 1 amide bonds. The van der Waals surface area contributed by atoms with Gasteiger partial charge in [0.05, 0.1) is 19.8 Å². The zero-order valence-corrected chi connectivity index (χ0v) is 18.8. The van der Waals surface area contributed by atoms with Gasteiger partial charge in [-0.3, -0.25) is 14.7 Å². The maximum Gasteiger partial charge on any atom is 0.220 e. The number of hydrogen-bond acceptors (Lipinski definition) is 4. The molecule has 0 spiro atoms. The summed E-state index contributed by atoms with van der Waals surface area (Å²) in [5.74, 6) is 2.14. The Morgan fingerprint density at radius 1 is 1.07 bits per heavy atom. The molecule has 1 atom stereocenters. The van der Waals surface area contributed by atoms with Crippen LogP contribution in [0.5, 0.6) is 0 Å². The Morgan fingerprint density at radius 3 is 2.41 bits per heavy atom. The van der Waals surface area contributed by atoms with Gasteiger partial charge < -0.3 is 20.7 Å². The Morgan fingerprint density at radius 2 is 1.76 bits per heavy atom. The third-order valence-electron chi connectivity index (χ3n) is 6.00. The fraction of sp³-hybridized carbons (Fsp3) is 0.909. The first-order chi connectivity index (χ1) is 14.1. The van der Waals surface area contributed by atoms with Crippen LogP contribution in [-0.2, 0) is 9.53 Å². The van der Waals surface area contributed by atoms with Crippen molar-refractivity contribution in [2.45, 2.75) is 65.3 Å². The lowest BCUT2D eigenvalue weighted by Crippen LogP contribution is -2.48. The molecule has 29 heavy (non-hydrogen) atoms. The van der Waals surface area contributed by atoms with Gasteiger partial charge in [-0.15, -0.1) is 0 Å². The first-order valence-corrected chi connectivity index (χ1v) is 11.7. The summed E-state index contributed by atoms with van der Waals surface area (Å²) in [5.41, 5.74) is 0. The Bertz CT molecular complexity index is 486. The van der Waals surface area contributed by atoms with E-state index in [0.29, 0.717) is 37.4 Å². The molecule has 7 heteroatoms. The molecule has 1 aliphatic heterocycles. The molecule has 0 aromatic heterocycles. The second kappa shape index (κ2) is 13.8. The average molecular weight is 410 g/mol. The lowest BCUT2D eigenvalue weighted by atomic mass is 9.87. The van der Waals surface area contributed by atoms with E-state index in [4.69, 9.17) is 9.73 Å². The highest BCUT2D eigenvalue weighted by molar-refractivity contribution is 5.80. The van der Waals surface area contributed by atoms with E-state index >= 15 is 0 Å². The summed E-state index contributed by atoms with van der Waals surface area (Å²) in [6, 6.07) is 0.421. The van der Waals surface area contributed by atoms with Gasteiger partial charge in [0.15, 0.2) is 5.96 Å². The molecule has 0 radical (unpaired) electrons. The van der Waals surface area contributed by atoms with E-state index in [0.717, 1.165) is 45.4 Å². The smallest absolute Gasteiger partial charge is 0.220 e. The Hall–Kier alpha value is -1.34. The molecule has 0 aromatic carbocycles. The standard InChI is InChI=1S/C22H43N5O2/c1-4-23-22(26-17-20(18(2)3)27-12-14-29-15-13-27)25-11-10-24-21(28)16-19-8-6-5-7-9-19/h18-20H,4-17H2,1-3H3,(H,24,28)(H2,23,25,26). The summed E-state index contributed by atoms with van der Waals surface area (Å²) in [6.07, 6.45) is 7.00. The van der Waals surface area contributed by atoms with E-state index in [-0.39, 0.29) is 5.91 Å². The number of morpholine rings is 1. The van der Waals surface area contributed by atoms with Crippen LogP contribution in [-0.4, -0.2) is 75.3 Å². The molecule has 0 bridgehead atoms. The van der Waals surface area contributed by atoms with Gasteiger partial charge in [-0.25, -0.2) is 0 Å². The number of nitrogens with zero attached hydrogens (tertiary/aromatic N) is 2. The highest BCUT2D eigenvalue weighted by Gasteiger charge is 2.23. The second-order valence-corrected chi connectivity index (χ2v) is 8.66. The quantitative estimate of drug-likeness (QED) is 0.292. The third kappa shape index (κ3) is 9.34. The summed E-state index contributed by atoms with van der Waals surface area (Å²) >= 11 is 0. The van der Waals surface area contributed by atoms with Crippen molar-refractivity contribution in [1.29, 1.82) is 0 Å². The van der Waals surface area contributed by atoms with Crippen LogP contribution < -0.4 is 16.0 Å². The van der Waals surface area contributed by atoms with Gasteiger partial charge in [-0.1, -0.05) is 33.1 Å². The first-order valence-electron chi connectivity index (χ1n) is 11.7. The van der Waals surface area contributed by atoms with Gasteiger partial charge in [0.25, 0.3) is 0 Å². The van der Waals surface area contributed by atoms with Gasteiger partial charge >= 0.3 is 0 Å². The Kier molecular flexibility index (Phi) is 11.4. The van der Waals surface area contributed by atoms with Crippen molar-refractivity contribution in [3.8, 4) is 0 Å². The molecule has 3 N–H and O–H groups in total. The number of carbonyl (C=O) groups is 1. The highest BCUT2D eigenvalue weighted by atomic mass is 16.5. The number of hydrogen-bond donors (Lipinski definition) is 3. The number of ether oxygens (including phenoxy) is 1. The van der Waals surface area contributed by atoms with E-state index < -0.39 is 0 Å². The van der Waals surface area contributed by atoms with Crippen LogP contribution in [0.3, 0.4) is 0 Å². The third-order valence-corrected chi connectivity index (χ3v) is 6.00. The van der Waals surface area contributed by atoms with Gasteiger partial charge in [0.2, 0.25) is 5.91 Å². The van der Waals surface area contributed by atoms with Crippen LogP contribution in [0.2, 0.25) is 0 Å². The van der Waals surface area contributed by atoms with Gasteiger partial charge in [-0.2, -0.15) is 0 Å². The summed E-state index contributed by atoms with van der Waals surface area (Å²) in [4.78, 5) is 19.5. The maximum atomic E-state index is 12.1. The first kappa shape index (κ1) is 23.9. The van der Waals surface area contributed by atoms with Crippen molar-refractivity contribution in [1.82, 2.24) is 20.9 Å². The minimum absolute atomic E-state index is 0.188. The largest absolute Gasteiger partial charge is 0.379 e. The lowest BCUT2D eigenvalue weighted by molar-refractivity contribution is -0.122. The summed E-state index contributed by atoms with van der Waals surface area (Å²) in [5, 5.41) is 9.73. The van der Waals surface area contributed by atoms with Crippen LogP contribution in [0.4, 0.5) is 0 Å². The van der Waals surface area contributed by atoms with Crippen LogP contribution in [0.1, 0.15) is 59.3 Å². The minimum atomic E-state index is 0.188. The molecular weight excluding hydrogens is 366 g/mol. The van der Waals surface area contributed by atoms with E-state index in [1.165, 1.54) is 32.1 Å². The molecular formula is C22H43N5O2. The van der Waals surface area contributed by atoms with Crippen molar-refractivity contribution in [3.63, 3.8) is 0 Å². The molecule has 0 aromatic rings. The molecule has 1 saturated heterocycles. The fourth-order valence-corrected chi connectivity index (χ4v) is 4.29. The molecule has 2 fully saturated rings. The van der Waals surface area contributed by atoms with Gasteiger partial charge in [0.1, 0.15) is 0 Å². The second-order valence-electron chi connectivity index (χ2n) is 8.66. The summed E-state index contributed by atoms with van der Waals surface area (Å²) in [6.45, 7) is 13.1. The van der Waals surface area contributed by atoms with E-state index in [1.807, 2.05) is 0 Å². The van der Waals surface area contributed by atoms with Crippen molar-refractivity contribution in [2.75, 3.05) is 52.5 Å². The molecule has 2 rings (SSSR count). The molecule has 7 nitrogen and oxygen atoms in total. The SMILES string of the molecule is CCNC(=NCC(C(C)C)N1CCOCC1)NCCNC(=O)CC1CCCCC1.